The van der Waals surface area contributed by atoms with Gasteiger partial charge < -0.3 is 34.5 Å². The molecular weight excluding hydrogens is 839 g/mol. The number of non-ortho nitro benzene ring substituents is 3. The first-order chi connectivity index (χ1) is 29.5. The van der Waals surface area contributed by atoms with Gasteiger partial charge in [0.1, 0.15) is 43.5 Å². The summed E-state index contributed by atoms with van der Waals surface area (Å²) in [5.74, 6) is -2.91. The summed E-state index contributed by atoms with van der Waals surface area (Å²) >= 11 is 1.20. The van der Waals surface area contributed by atoms with E-state index in [4.69, 9.17) is 24.7 Å². The number of benzene rings is 3. The number of primary amides is 1. The first-order valence-corrected chi connectivity index (χ1v) is 19.6. The van der Waals surface area contributed by atoms with Gasteiger partial charge in [-0.05, 0) is 73.4 Å². The quantitative estimate of drug-likeness (QED) is 0.0397. The van der Waals surface area contributed by atoms with Crippen LogP contribution in [0.3, 0.4) is 0 Å². The highest BCUT2D eigenvalue weighted by molar-refractivity contribution is 8.03. The van der Waals surface area contributed by atoms with Gasteiger partial charge in [-0.3, -0.25) is 39.9 Å². The van der Waals surface area contributed by atoms with E-state index < -0.39 is 74.2 Å². The van der Waals surface area contributed by atoms with Gasteiger partial charge in [-0.1, -0.05) is 0 Å². The van der Waals surface area contributed by atoms with E-state index in [1.54, 1.807) is 0 Å². The Hall–Kier alpha value is -7.43. The molecule has 0 spiro atoms. The van der Waals surface area contributed by atoms with Gasteiger partial charge in [0, 0.05) is 59.5 Å². The van der Waals surface area contributed by atoms with Crippen molar-refractivity contribution in [1.82, 2.24) is 9.80 Å². The highest BCUT2D eigenvalue weighted by Gasteiger charge is 2.58. The zero-order chi connectivity index (χ0) is 44.8. The number of nitrogens with two attached hydrogens (primary N) is 1. The van der Waals surface area contributed by atoms with Gasteiger partial charge >= 0.3 is 18.2 Å². The molecule has 0 aliphatic carbocycles. The van der Waals surface area contributed by atoms with Gasteiger partial charge in [0.15, 0.2) is 0 Å². The minimum atomic E-state index is -1.10. The number of amidine groups is 1. The molecule has 2 fully saturated rings. The van der Waals surface area contributed by atoms with Crippen molar-refractivity contribution in [2.24, 2.45) is 16.6 Å². The first-order valence-electron chi connectivity index (χ1n) is 18.7. The summed E-state index contributed by atoms with van der Waals surface area (Å²) in [4.78, 5) is 104. The smallest absolute Gasteiger partial charge is 0.456 e. The number of thioether (sulfide) groups is 1. The Morgan fingerprint density at radius 2 is 1.29 bits per heavy atom. The number of nitro benzene ring substituents is 3. The third-order valence-electron chi connectivity index (χ3n) is 10.2. The summed E-state index contributed by atoms with van der Waals surface area (Å²) in [6.45, 7) is 2.33. The van der Waals surface area contributed by atoms with Crippen LogP contribution in [0.2, 0.25) is 0 Å². The van der Waals surface area contributed by atoms with Gasteiger partial charge in [-0.2, -0.15) is 4.99 Å². The van der Waals surface area contributed by atoms with Gasteiger partial charge in [0.05, 0.1) is 26.7 Å². The van der Waals surface area contributed by atoms with E-state index in [1.807, 2.05) is 0 Å². The normalized spacial score (nSPS) is 19.8. The highest BCUT2D eigenvalue weighted by atomic mass is 32.2. The minimum absolute atomic E-state index is 0.0644. The third kappa shape index (κ3) is 10.1. The Balaban J connectivity index is 1.14. The molecule has 2 saturated heterocycles. The van der Waals surface area contributed by atoms with E-state index >= 15 is 0 Å². The lowest BCUT2D eigenvalue weighted by atomic mass is 9.83. The number of nitro groups is 3. The third-order valence-corrected chi connectivity index (χ3v) is 11.6. The predicted molar refractivity (Wildman–Crippen MR) is 215 cm³/mol. The number of likely N-dealkylation sites (tertiary alicyclic amines) is 1. The molecular formula is C39H37N7O15S. The Morgan fingerprint density at radius 1 is 0.806 bits per heavy atom. The molecule has 3 heterocycles. The predicted octanol–water partition coefficient (Wildman–Crippen LogP) is 5.06. The van der Waals surface area contributed by atoms with Crippen molar-refractivity contribution in [1.29, 1.82) is 0 Å². The standard InChI is InChI=1S/C39H37N7O15S/c1-21(61-39(51)60-20-25-7-13-28(14-8-25)46(56)57)33-30-16-32(34(43(30)36(33)48)37(49)58-18-23-3-9-26(10-4-23)44(52)53)62-29-15-31(35(40)47)42(17-29)22(2)41-38(50)59-19-24-5-11-27(12-6-24)45(54)55/h3-14,21,29-31,33H,15-20H2,1-2H3,(H2,40,47)/t21-,29+,30-,31+,33-/m1/s1. The number of hydrogen-bond donors (Lipinski definition) is 1. The SMILES string of the molecule is CC(=NC(=O)OCc1ccc([N+](=O)[O-])cc1)N1C[C@@H](SC2=C(C(=O)OCc3ccc([N+](=O)[O-])cc3)N3C(=O)[C@H]([C@@H](C)OC(=O)OCc4ccc([N+](=O)[O-])cc4)[C@H]3C2)C[C@H]1C(N)=O. The number of rotatable bonds is 15. The second-order valence-electron chi connectivity index (χ2n) is 14.2. The molecule has 324 valence electrons. The summed E-state index contributed by atoms with van der Waals surface area (Å²) in [5, 5.41) is 32.5. The summed E-state index contributed by atoms with van der Waals surface area (Å²) < 4.78 is 21.4. The summed E-state index contributed by atoms with van der Waals surface area (Å²) in [6, 6.07) is 14.5. The average molecular weight is 876 g/mol. The number of esters is 1. The summed E-state index contributed by atoms with van der Waals surface area (Å²) in [6.07, 6.45) is -2.82. The fourth-order valence-electron chi connectivity index (χ4n) is 7.16. The van der Waals surface area contributed by atoms with E-state index in [1.165, 1.54) is 108 Å². The molecule has 6 rings (SSSR count). The molecule has 0 saturated carbocycles. The van der Waals surface area contributed by atoms with Crippen LogP contribution in [0.15, 0.2) is 88.4 Å². The van der Waals surface area contributed by atoms with E-state index in [0.717, 1.165) is 0 Å². The zero-order valence-electron chi connectivity index (χ0n) is 32.9. The largest absolute Gasteiger partial charge is 0.508 e. The van der Waals surface area contributed by atoms with Crippen LogP contribution in [0.4, 0.5) is 26.7 Å². The van der Waals surface area contributed by atoms with Crippen molar-refractivity contribution in [3.8, 4) is 0 Å². The van der Waals surface area contributed by atoms with Gasteiger partial charge in [-0.25, -0.2) is 14.4 Å². The number of ether oxygens (including phenoxy) is 4. The highest BCUT2D eigenvalue weighted by Crippen LogP contribution is 2.50. The fraction of sp³-hybridized carbons (Fsp3) is 0.333. The molecule has 22 nitrogen and oxygen atoms in total. The molecule has 3 aliphatic rings. The summed E-state index contributed by atoms with van der Waals surface area (Å²) in [5.41, 5.74) is 6.62. The second-order valence-corrected chi connectivity index (χ2v) is 15.6. The molecule has 0 unspecified atom stereocenters. The fourth-order valence-corrected chi connectivity index (χ4v) is 8.63. The Labute approximate surface area is 355 Å². The zero-order valence-corrected chi connectivity index (χ0v) is 33.7. The molecule has 3 amide bonds. The monoisotopic (exact) mass is 875 g/mol. The van der Waals surface area contributed by atoms with Crippen LogP contribution in [0.1, 0.15) is 43.4 Å². The lowest BCUT2D eigenvalue weighted by Gasteiger charge is -2.45. The van der Waals surface area contributed by atoms with E-state index in [-0.39, 0.29) is 67.8 Å². The van der Waals surface area contributed by atoms with E-state index in [2.05, 4.69) is 4.99 Å². The Bertz CT molecular complexity index is 2360. The molecule has 3 aromatic rings. The molecule has 3 aliphatic heterocycles. The average Bonchev–Trinajstić information content (AvgIpc) is 3.81. The van der Waals surface area contributed by atoms with Crippen LogP contribution >= 0.6 is 11.8 Å². The Morgan fingerprint density at radius 3 is 1.77 bits per heavy atom. The Kier molecular flexibility index (Phi) is 13.4. The number of nitrogens with zero attached hydrogens (tertiary/aromatic N) is 6. The maximum Gasteiger partial charge on any atom is 0.508 e. The topological polar surface area (TPSA) is 297 Å². The molecule has 0 radical (unpaired) electrons. The number of carbonyl (C=O) groups is 5. The van der Waals surface area contributed by atoms with Crippen molar-refractivity contribution in [3.63, 3.8) is 0 Å². The number of hydrogen-bond acceptors (Lipinski definition) is 16. The van der Waals surface area contributed by atoms with Crippen molar-refractivity contribution in [3.05, 3.63) is 130 Å². The van der Waals surface area contributed by atoms with Crippen LogP contribution in [0, 0.1) is 36.3 Å². The number of amides is 3. The molecule has 5 atom stereocenters. The molecule has 0 aromatic heterocycles. The molecule has 2 N–H and O–H groups in total. The van der Waals surface area contributed by atoms with Crippen LogP contribution in [-0.2, 0) is 53.2 Å². The van der Waals surface area contributed by atoms with Gasteiger partial charge in [0.25, 0.3) is 17.1 Å². The number of β-lactam (4-membered cyclic amide) rings is 1. The van der Waals surface area contributed by atoms with E-state index in [9.17, 15) is 54.3 Å². The maximum absolute atomic E-state index is 13.8. The van der Waals surface area contributed by atoms with E-state index in [0.29, 0.717) is 21.6 Å². The number of carbonyl (C=O) groups excluding carboxylic acids is 5. The maximum atomic E-state index is 13.8. The minimum Gasteiger partial charge on any atom is -0.456 e. The van der Waals surface area contributed by atoms with Crippen LogP contribution in [-0.4, -0.2) is 90.4 Å². The van der Waals surface area contributed by atoms with Gasteiger partial charge in [-0.15, -0.1) is 11.8 Å². The molecule has 62 heavy (non-hydrogen) atoms. The second kappa shape index (κ2) is 18.9. The van der Waals surface area contributed by atoms with Crippen LogP contribution < -0.4 is 5.73 Å². The van der Waals surface area contributed by atoms with Crippen LogP contribution in [0.5, 0.6) is 0 Å². The van der Waals surface area contributed by atoms with Crippen molar-refractivity contribution in [2.75, 3.05) is 6.54 Å². The van der Waals surface area contributed by atoms with Crippen molar-refractivity contribution >= 4 is 64.7 Å². The van der Waals surface area contributed by atoms with Crippen molar-refractivity contribution < 1.29 is 57.7 Å². The van der Waals surface area contributed by atoms with Gasteiger partial charge in [0.2, 0.25) is 11.8 Å². The first kappa shape index (κ1) is 44.1. The molecule has 3 aromatic carbocycles. The van der Waals surface area contributed by atoms with Crippen molar-refractivity contribution in [2.45, 2.75) is 69.9 Å². The summed E-state index contributed by atoms with van der Waals surface area (Å²) in [7, 11) is 0. The lowest BCUT2D eigenvalue weighted by molar-refractivity contribution is -0.385. The number of aliphatic imine (C=N–C) groups is 1. The molecule has 0 bridgehead atoms. The lowest BCUT2D eigenvalue weighted by Crippen LogP contribution is -2.62. The molecule has 23 heteroatoms. The number of fused-ring (bicyclic) bond motifs is 1. The van der Waals surface area contributed by atoms with Crippen LogP contribution in [0.25, 0.3) is 0 Å².